The Kier molecular flexibility index (Phi) is 9.00. The first-order chi connectivity index (χ1) is 18.3. The molecule has 0 saturated carbocycles. The molecule has 38 heavy (non-hydrogen) atoms. The topological polar surface area (TPSA) is 71.9 Å². The zero-order valence-corrected chi connectivity index (χ0v) is 22.7. The number of hydrogen-bond acceptors (Lipinski definition) is 5. The second kappa shape index (κ2) is 12.4. The van der Waals surface area contributed by atoms with Crippen molar-refractivity contribution < 1.29 is 23.8 Å². The predicted octanol–water partition coefficient (Wildman–Crippen LogP) is 6.46. The molecular weight excluding hydrogens is 483 g/mol. The summed E-state index contributed by atoms with van der Waals surface area (Å²) >= 11 is 0. The summed E-state index contributed by atoms with van der Waals surface area (Å²) in [6.07, 6.45) is 3.25. The van der Waals surface area contributed by atoms with E-state index in [2.05, 4.69) is 29.8 Å². The van der Waals surface area contributed by atoms with Crippen molar-refractivity contribution in [2.75, 3.05) is 19.7 Å². The molecule has 2 heterocycles. The number of aromatic nitrogens is 1. The van der Waals surface area contributed by atoms with Gasteiger partial charge >= 0.3 is 5.97 Å². The highest BCUT2D eigenvalue weighted by Gasteiger charge is 2.24. The van der Waals surface area contributed by atoms with Crippen molar-refractivity contribution >= 4 is 5.97 Å². The number of ether oxygens (including phenoxy) is 2. The number of aliphatic carboxylic acids is 1. The number of benzene rings is 2. The van der Waals surface area contributed by atoms with Gasteiger partial charge in [-0.3, -0.25) is 9.69 Å². The van der Waals surface area contributed by atoms with E-state index in [4.69, 9.17) is 9.47 Å². The fourth-order valence-electron chi connectivity index (χ4n) is 4.96. The number of nitrogens with zero attached hydrogens (tertiary/aromatic N) is 2. The van der Waals surface area contributed by atoms with Crippen molar-refractivity contribution in [1.82, 2.24) is 9.88 Å². The van der Waals surface area contributed by atoms with Crippen LogP contribution < -0.4 is 9.47 Å². The lowest BCUT2D eigenvalue weighted by molar-refractivity contribution is -0.141. The third-order valence-corrected chi connectivity index (χ3v) is 7.24. The molecular formula is C31H37FN2O4. The first kappa shape index (κ1) is 27.6. The van der Waals surface area contributed by atoms with Gasteiger partial charge in [0.1, 0.15) is 17.7 Å². The van der Waals surface area contributed by atoms with E-state index in [0.717, 1.165) is 59.5 Å². The number of carbonyl (C=O) groups is 1. The Morgan fingerprint density at radius 3 is 2.66 bits per heavy atom. The molecule has 0 radical (unpaired) electrons. The summed E-state index contributed by atoms with van der Waals surface area (Å²) in [7, 11) is 0. The zero-order chi connectivity index (χ0) is 27.2. The molecule has 0 spiro atoms. The largest absolute Gasteiger partial charge is 0.485 e. The van der Waals surface area contributed by atoms with E-state index in [0.29, 0.717) is 31.0 Å². The summed E-state index contributed by atoms with van der Waals surface area (Å²) in [5.41, 5.74) is 5.46. The lowest BCUT2D eigenvalue weighted by atomic mass is 9.91. The van der Waals surface area contributed by atoms with Crippen molar-refractivity contribution in [2.24, 2.45) is 5.92 Å². The molecule has 4 rings (SSSR count). The third kappa shape index (κ3) is 6.33. The van der Waals surface area contributed by atoms with Crippen molar-refractivity contribution in [3.05, 3.63) is 76.7 Å². The quantitative estimate of drug-likeness (QED) is 0.313. The molecule has 2 atom stereocenters. The van der Waals surface area contributed by atoms with Gasteiger partial charge in [0.05, 0.1) is 18.7 Å². The zero-order valence-electron chi connectivity index (χ0n) is 22.7. The molecule has 202 valence electrons. The van der Waals surface area contributed by atoms with Crippen LogP contribution in [0, 0.1) is 11.7 Å². The van der Waals surface area contributed by atoms with Gasteiger partial charge in [0.25, 0.3) is 0 Å². The second-order valence-corrected chi connectivity index (χ2v) is 9.84. The Bertz CT molecular complexity index is 1270. The fourth-order valence-corrected chi connectivity index (χ4v) is 4.96. The molecule has 3 aromatic rings. The van der Waals surface area contributed by atoms with Crippen molar-refractivity contribution in [3.8, 4) is 22.8 Å². The van der Waals surface area contributed by atoms with Gasteiger partial charge in [0, 0.05) is 18.2 Å². The Morgan fingerprint density at radius 1 is 1.16 bits per heavy atom. The summed E-state index contributed by atoms with van der Waals surface area (Å²) in [6.45, 7) is 10.7. The number of fused-ring (bicyclic) bond motifs is 1. The highest BCUT2D eigenvalue weighted by molar-refractivity contribution is 5.70. The Hall–Kier alpha value is -3.45. The van der Waals surface area contributed by atoms with Crippen molar-refractivity contribution in [1.29, 1.82) is 0 Å². The number of aryl methyl sites for hydroxylation is 1. The van der Waals surface area contributed by atoms with Crippen LogP contribution >= 0.6 is 0 Å². The summed E-state index contributed by atoms with van der Waals surface area (Å²) in [4.78, 5) is 17.7. The van der Waals surface area contributed by atoms with Gasteiger partial charge in [0.15, 0.2) is 0 Å². The van der Waals surface area contributed by atoms with E-state index in [9.17, 15) is 14.3 Å². The minimum Gasteiger partial charge on any atom is -0.485 e. The molecule has 2 aromatic carbocycles. The van der Waals surface area contributed by atoms with Crippen LogP contribution in [0.1, 0.15) is 62.5 Å². The lowest BCUT2D eigenvalue weighted by Crippen LogP contribution is -2.23. The molecule has 1 aromatic heterocycles. The van der Waals surface area contributed by atoms with Gasteiger partial charge in [-0.25, -0.2) is 9.37 Å². The van der Waals surface area contributed by atoms with Crippen LogP contribution in [0.25, 0.3) is 11.1 Å². The summed E-state index contributed by atoms with van der Waals surface area (Å²) in [5.74, 6) is -0.428. The first-order valence-electron chi connectivity index (χ1n) is 13.5. The molecule has 0 bridgehead atoms. The van der Waals surface area contributed by atoms with Gasteiger partial charge in [-0.15, -0.1) is 0 Å². The molecule has 6 nitrogen and oxygen atoms in total. The molecule has 2 unspecified atom stereocenters. The molecule has 1 aliphatic heterocycles. The molecule has 0 fully saturated rings. The van der Waals surface area contributed by atoms with E-state index >= 15 is 0 Å². The molecule has 0 amide bonds. The highest BCUT2D eigenvalue weighted by atomic mass is 19.1. The summed E-state index contributed by atoms with van der Waals surface area (Å²) < 4.78 is 27.0. The second-order valence-electron chi connectivity index (χ2n) is 9.84. The monoisotopic (exact) mass is 520 g/mol. The molecule has 1 aliphatic rings. The molecule has 0 aliphatic carbocycles. The van der Waals surface area contributed by atoms with Crippen LogP contribution in [0.2, 0.25) is 0 Å². The normalized spacial score (nSPS) is 15.6. The minimum atomic E-state index is -0.804. The fraction of sp³-hybridized carbons (Fsp3) is 0.419. The number of pyridine rings is 1. The lowest BCUT2D eigenvalue weighted by Gasteiger charge is -2.28. The summed E-state index contributed by atoms with van der Waals surface area (Å²) in [5, 5.41) is 9.29. The average Bonchev–Trinajstić information content (AvgIpc) is 2.92. The SMILES string of the molecule is CCOc1cc(-c2ccc(C3CCc4ccc(CC(C)C(=O)O)cc4O3)cc2CN(CC)CC)c(F)cn1. The van der Waals surface area contributed by atoms with Gasteiger partial charge in [-0.1, -0.05) is 51.1 Å². The van der Waals surface area contributed by atoms with Crippen LogP contribution in [-0.4, -0.2) is 40.7 Å². The number of halogens is 1. The van der Waals surface area contributed by atoms with Gasteiger partial charge < -0.3 is 14.6 Å². The Labute approximate surface area is 224 Å². The summed E-state index contributed by atoms with van der Waals surface area (Å²) in [6, 6.07) is 13.8. The predicted molar refractivity (Wildman–Crippen MR) is 146 cm³/mol. The van der Waals surface area contributed by atoms with Gasteiger partial charge in [-0.2, -0.15) is 0 Å². The number of rotatable bonds is 11. The van der Waals surface area contributed by atoms with Crippen LogP contribution in [0.4, 0.5) is 4.39 Å². The van der Waals surface area contributed by atoms with Crippen molar-refractivity contribution in [2.45, 2.75) is 59.6 Å². The van der Waals surface area contributed by atoms with E-state index in [-0.39, 0.29) is 11.9 Å². The number of hydrogen-bond donors (Lipinski definition) is 1. The maximum absolute atomic E-state index is 15.0. The molecule has 1 N–H and O–H groups in total. The molecule has 0 saturated heterocycles. The number of carboxylic acid groups (broad SMARTS) is 1. The standard InChI is InChI=1S/C31H37FN2O4/c1-5-34(6-2)19-24-16-23(10-12-25(24)26-17-30(37-7-3)33-18-27(26)32)28-13-11-22-9-8-21(15-29(22)38-28)14-20(4)31(35)36/h8-10,12,15-18,20,28H,5-7,11,13-14,19H2,1-4H3,(H,35,36). The van der Waals surface area contributed by atoms with E-state index in [1.807, 2.05) is 37.3 Å². The van der Waals surface area contributed by atoms with Gasteiger partial charge in [0.2, 0.25) is 5.88 Å². The van der Waals surface area contributed by atoms with Crippen molar-refractivity contribution in [3.63, 3.8) is 0 Å². The maximum Gasteiger partial charge on any atom is 0.306 e. The minimum absolute atomic E-state index is 0.138. The Balaban J connectivity index is 1.67. The maximum atomic E-state index is 15.0. The van der Waals surface area contributed by atoms with E-state index in [1.54, 1.807) is 13.0 Å². The van der Waals surface area contributed by atoms with Crippen LogP contribution in [-0.2, 0) is 24.2 Å². The first-order valence-corrected chi connectivity index (χ1v) is 13.5. The average molecular weight is 521 g/mol. The Morgan fingerprint density at radius 2 is 1.95 bits per heavy atom. The van der Waals surface area contributed by atoms with E-state index in [1.165, 1.54) is 6.20 Å². The van der Waals surface area contributed by atoms with Crippen LogP contribution in [0.15, 0.2) is 48.7 Å². The number of carboxylic acids is 1. The van der Waals surface area contributed by atoms with E-state index < -0.39 is 11.9 Å². The van der Waals surface area contributed by atoms with Crippen LogP contribution in [0.5, 0.6) is 11.6 Å². The highest BCUT2D eigenvalue weighted by Crippen LogP contribution is 2.38. The van der Waals surface area contributed by atoms with Crippen LogP contribution in [0.3, 0.4) is 0 Å². The molecule has 7 heteroatoms. The van der Waals surface area contributed by atoms with Gasteiger partial charge in [-0.05, 0) is 73.2 Å². The third-order valence-electron chi connectivity index (χ3n) is 7.24. The smallest absolute Gasteiger partial charge is 0.306 e.